The van der Waals surface area contributed by atoms with Crippen molar-refractivity contribution in [3.8, 4) is 12.3 Å². The fourth-order valence-electron chi connectivity index (χ4n) is 3.73. The van der Waals surface area contributed by atoms with Crippen molar-refractivity contribution in [3.05, 3.63) is 101 Å². The van der Waals surface area contributed by atoms with Crippen molar-refractivity contribution in [2.45, 2.75) is 39.5 Å². The highest BCUT2D eigenvalue weighted by Crippen LogP contribution is 2.33. The molecule has 0 radical (unpaired) electrons. The lowest BCUT2D eigenvalue weighted by molar-refractivity contribution is 0.518. The Bertz CT molecular complexity index is 925. The zero-order chi connectivity index (χ0) is 19.8. The molecule has 142 valence electrons. The summed E-state index contributed by atoms with van der Waals surface area (Å²) in [4.78, 5) is 2.34. The summed E-state index contributed by atoms with van der Waals surface area (Å²) < 4.78 is 0. The van der Waals surface area contributed by atoms with Crippen molar-refractivity contribution in [3.63, 3.8) is 0 Å². The largest absolute Gasteiger partial charge is 0.348 e. The van der Waals surface area contributed by atoms with Gasteiger partial charge in [-0.3, -0.25) is 0 Å². The number of terminal acetylenes is 1. The minimum Gasteiger partial charge on any atom is -0.348 e. The summed E-state index contributed by atoms with van der Waals surface area (Å²) in [5.41, 5.74) is 7.86. The van der Waals surface area contributed by atoms with Crippen LogP contribution in [0.3, 0.4) is 0 Å². The van der Waals surface area contributed by atoms with E-state index in [1.807, 2.05) is 0 Å². The van der Waals surface area contributed by atoms with Crippen LogP contribution in [0.4, 0.5) is 0 Å². The summed E-state index contributed by atoms with van der Waals surface area (Å²) in [6, 6.07) is 8.82. The molecule has 1 heteroatoms. The Labute approximate surface area is 170 Å². The van der Waals surface area contributed by atoms with Crippen molar-refractivity contribution in [1.82, 2.24) is 4.90 Å². The zero-order valence-electron chi connectivity index (χ0n) is 17.0. The highest BCUT2D eigenvalue weighted by atomic mass is 15.1. The van der Waals surface area contributed by atoms with Gasteiger partial charge in [0, 0.05) is 24.9 Å². The van der Waals surface area contributed by atoms with Gasteiger partial charge in [-0.15, -0.1) is 12.3 Å². The zero-order valence-corrected chi connectivity index (χ0v) is 17.0. The van der Waals surface area contributed by atoms with Gasteiger partial charge in [0.2, 0.25) is 0 Å². The van der Waals surface area contributed by atoms with Crippen molar-refractivity contribution < 1.29 is 0 Å². The Hall–Kier alpha value is -2.98. The van der Waals surface area contributed by atoms with Gasteiger partial charge in [-0.25, -0.2) is 0 Å². The van der Waals surface area contributed by atoms with Crippen molar-refractivity contribution in [1.29, 1.82) is 0 Å². The maximum absolute atomic E-state index is 5.36. The third kappa shape index (κ3) is 5.05. The molecule has 0 aromatic heterocycles. The molecule has 0 atom stereocenters. The van der Waals surface area contributed by atoms with Crippen molar-refractivity contribution in [2.75, 3.05) is 6.54 Å². The monoisotopic (exact) mass is 367 g/mol. The van der Waals surface area contributed by atoms with Gasteiger partial charge in [0.05, 0.1) is 0 Å². The highest BCUT2D eigenvalue weighted by Gasteiger charge is 2.15. The maximum Gasteiger partial charge on any atom is 0.0409 e. The van der Waals surface area contributed by atoms with Crippen LogP contribution in [-0.4, -0.2) is 11.4 Å². The molecule has 1 aliphatic carbocycles. The van der Waals surface area contributed by atoms with Crippen LogP contribution in [0, 0.1) is 19.3 Å². The first-order chi connectivity index (χ1) is 13.7. The predicted octanol–water partition coefficient (Wildman–Crippen LogP) is 6.73. The van der Waals surface area contributed by atoms with Crippen LogP contribution in [0.5, 0.6) is 0 Å². The Morgan fingerprint density at radius 1 is 1.21 bits per heavy atom. The van der Waals surface area contributed by atoms with Crippen molar-refractivity contribution >= 4 is 5.57 Å². The van der Waals surface area contributed by atoms with Gasteiger partial charge < -0.3 is 4.90 Å². The topological polar surface area (TPSA) is 3.24 Å². The molecule has 0 saturated heterocycles. The van der Waals surface area contributed by atoms with Gasteiger partial charge in [-0.2, -0.15) is 0 Å². The van der Waals surface area contributed by atoms with Crippen LogP contribution < -0.4 is 0 Å². The second kappa shape index (κ2) is 9.81. The fourth-order valence-corrected chi connectivity index (χ4v) is 3.73. The van der Waals surface area contributed by atoms with E-state index in [4.69, 9.17) is 6.42 Å². The Kier molecular flexibility index (Phi) is 6.93. The second-order valence-electron chi connectivity index (χ2n) is 7.33. The molecule has 3 rings (SSSR count). The summed E-state index contributed by atoms with van der Waals surface area (Å²) in [6.07, 6.45) is 26.9. The molecule has 0 N–H and O–H groups in total. The van der Waals surface area contributed by atoms with E-state index in [2.05, 4.69) is 97.7 Å². The van der Waals surface area contributed by atoms with Crippen LogP contribution in [-0.2, 0) is 0 Å². The molecule has 0 spiro atoms. The molecule has 1 aromatic rings. The number of benzene rings is 1. The average Bonchev–Trinajstić information content (AvgIpc) is 3.20. The number of hydrogen-bond acceptors (Lipinski definition) is 1. The number of allylic oxidation sites excluding steroid dienone is 9. The predicted molar refractivity (Wildman–Crippen MR) is 121 cm³/mol. The molecule has 0 unspecified atom stereocenters. The molecule has 1 nitrogen and oxygen atoms in total. The fraction of sp³-hybridized carbons (Fsp3) is 0.259. The van der Waals surface area contributed by atoms with Crippen LogP contribution in [0.15, 0.2) is 89.8 Å². The molecule has 1 aromatic carbocycles. The Morgan fingerprint density at radius 3 is 2.86 bits per heavy atom. The van der Waals surface area contributed by atoms with E-state index in [1.54, 1.807) is 0 Å². The number of nitrogens with zero attached hydrogens (tertiary/aromatic N) is 1. The minimum absolute atomic E-state index is 0.700. The molecule has 0 amide bonds. The minimum atomic E-state index is 0.700. The Morgan fingerprint density at radius 2 is 2.11 bits per heavy atom. The quantitative estimate of drug-likeness (QED) is 0.398. The summed E-state index contributed by atoms with van der Waals surface area (Å²) >= 11 is 0. The molecule has 28 heavy (non-hydrogen) atoms. The molecule has 2 aliphatic rings. The van der Waals surface area contributed by atoms with E-state index in [-0.39, 0.29) is 0 Å². The van der Waals surface area contributed by atoms with E-state index < -0.39 is 0 Å². The SMILES string of the molecule is C#CC/C=C\CCC1=C(c2cccc(C)c2)/C(C)=C/C=C/C(N2C=CCC2)=C\1. The van der Waals surface area contributed by atoms with Crippen molar-refractivity contribution in [2.24, 2.45) is 0 Å². The van der Waals surface area contributed by atoms with E-state index in [9.17, 15) is 0 Å². The third-order valence-corrected chi connectivity index (χ3v) is 5.09. The van der Waals surface area contributed by atoms with E-state index in [1.165, 1.54) is 33.5 Å². The van der Waals surface area contributed by atoms with Gasteiger partial charge in [-0.1, -0.05) is 60.2 Å². The van der Waals surface area contributed by atoms with E-state index >= 15 is 0 Å². The molecular formula is C27H29N. The van der Waals surface area contributed by atoms with Crippen LogP contribution in [0.1, 0.15) is 43.7 Å². The molecule has 0 bridgehead atoms. The molecular weight excluding hydrogens is 338 g/mol. The third-order valence-electron chi connectivity index (χ3n) is 5.09. The van der Waals surface area contributed by atoms with E-state index in [0.717, 1.165) is 25.8 Å². The van der Waals surface area contributed by atoms with Gasteiger partial charge >= 0.3 is 0 Å². The maximum atomic E-state index is 5.36. The molecule has 0 fully saturated rings. The van der Waals surface area contributed by atoms with Gasteiger partial charge in [-0.05, 0) is 67.5 Å². The summed E-state index contributed by atoms with van der Waals surface area (Å²) in [7, 11) is 0. The van der Waals surface area contributed by atoms with Gasteiger partial charge in [0.25, 0.3) is 0 Å². The normalized spacial score (nSPS) is 24.2. The highest BCUT2D eigenvalue weighted by molar-refractivity contribution is 5.83. The lowest BCUT2D eigenvalue weighted by Gasteiger charge is -2.21. The standard InChI is InChI=1S/C27H29N/c1-4-5-6-7-8-15-25-21-26(28-18-9-10-19-28)17-12-14-23(3)27(25)24-16-11-13-22(2)20-24/h1,6-7,9,11-14,16-18,20-21H,5,8,10,15,19H2,2-3H3/b7-6-,14-12?,17-12+,23-14+,25-21?,26-17?,26-21+,27-23?,27-25+. The van der Waals surface area contributed by atoms with Crippen LogP contribution in [0.25, 0.3) is 5.57 Å². The van der Waals surface area contributed by atoms with Crippen LogP contribution in [0.2, 0.25) is 0 Å². The van der Waals surface area contributed by atoms with Gasteiger partial charge in [0.1, 0.15) is 0 Å². The van der Waals surface area contributed by atoms with Crippen LogP contribution >= 0.6 is 0 Å². The second-order valence-corrected chi connectivity index (χ2v) is 7.33. The summed E-state index contributed by atoms with van der Waals surface area (Å²) in [5, 5.41) is 0. The number of aryl methyl sites for hydroxylation is 1. The average molecular weight is 368 g/mol. The van der Waals surface area contributed by atoms with E-state index in [0.29, 0.717) is 6.42 Å². The Balaban J connectivity index is 2.04. The number of hydrogen-bond donors (Lipinski definition) is 0. The number of rotatable bonds is 6. The lowest BCUT2D eigenvalue weighted by Crippen LogP contribution is -2.13. The summed E-state index contributed by atoms with van der Waals surface area (Å²) in [5.74, 6) is 2.67. The molecule has 0 saturated carbocycles. The van der Waals surface area contributed by atoms with Gasteiger partial charge in [0.15, 0.2) is 0 Å². The molecule has 1 aliphatic heterocycles. The summed E-state index contributed by atoms with van der Waals surface area (Å²) in [6.45, 7) is 5.42. The first kappa shape index (κ1) is 19.8. The first-order valence-electron chi connectivity index (χ1n) is 10.1. The smallest absolute Gasteiger partial charge is 0.0409 e. The first-order valence-corrected chi connectivity index (χ1v) is 10.1. The molecule has 1 heterocycles. The lowest BCUT2D eigenvalue weighted by atomic mass is 9.89.